The molecule has 0 amide bonds. The molecule has 0 aromatic heterocycles. The summed E-state index contributed by atoms with van der Waals surface area (Å²) in [5.74, 6) is 1.31. The van der Waals surface area contributed by atoms with Crippen LogP contribution in [-0.2, 0) is 6.61 Å². The molecule has 4 nitrogen and oxygen atoms in total. The second kappa shape index (κ2) is 9.29. The summed E-state index contributed by atoms with van der Waals surface area (Å²) in [7, 11) is 5.65. The number of ether oxygens (including phenoxy) is 2. The molecule has 0 atom stereocenters. The van der Waals surface area contributed by atoms with Crippen molar-refractivity contribution in [2.24, 2.45) is 4.99 Å². The fraction of sp³-hybridized carbons (Fsp3) is 0.174. The van der Waals surface area contributed by atoms with Crippen LogP contribution in [0.1, 0.15) is 11.1 Å². The van der Waals surface area contributed by atoms with Crippen molar-refractivity contribution in [3.05, 3.63) is 82.9 Å². The molecule has 0 saturated heterocycles. The van der Waals surface area contributed by atoms with Crippen molar-refractivity contribution < 1.29 is 9.47 Å². The highest BCUT2D eigenvalue weighted by molar-refractivity contribution is 6.31. The van der Waals surface area contributed by atoms with Crippen LogP contribution in [0.2, 0.25) is 5.02 Å². The third-order valence-electron chi connectivity index (χ3n) is 4.26. The molecule has 144 valence electrons. The molecule has 0 spiro atoms. The van der Waals surface area contributed by atoms with E-state index in [0.29, 0.717) is 23.1 Å². The van der Waals surface area contributed by atoms with E-state index in [4.69, 9.17) is 21.1 Å². The molecule has 0 heterocycles. The Balaban J connectivity index is 1.71. The number of benzene rings is 3. The molecule has 0 aliphatic carbocycles. The van der Waals surface area contributed by atoms with E-state index in [1.807, 2.05) is 87.0 Å². The van der Waals surface area contributed by atoms with Crippen LogP contribution in [0.5, 0.6) is 11.5 Å². The van der Waals surface area contributed by atoms with Crippen molar-refractivity contribution in [2.45, 2.75) is 6.61 Å². The number of anilines is 1. The molecule has 5 heteroatoms. The van der Waals surface area contributed by atoms with Gasteiger partial charge in [0.25, 0.3) is 0 Å². The molecule has 0 saturated carbocycles. The van der Waals surface area contributed by atoms with Gasteiger partial charge < -0.3 is 14.4 Å². The Labute approximate surface area is 171 Å². The zero-order valence-corrected chi connectivity index (χ0v) is 17.0. The zero-order chi connectivity index (χ0) is 19.9. The van der Waals surface area contributed by atoms with Gasteiger partial charge in [-0.15, -0.1) is 0 Å². The number of methoxy groups -OCH3 is 1. The number of nitrogens with zero attached hydrogens (tertiary/aromatic N) is 2. The standard InChI is InChI=1S/C23H23ClN2O2/c1-26(2)20-11-9-19(10-12-20)25-15-17-8-13-22(23(14-17)27-3)28-16-18-6-4-5-7-21(18)24/h4-15H,16H2,1-3H3. The number of rotatable bonds is 7. The minimum atomic E-state index is 0.377. The Kier molecular flexibility index (Phi) is 6.56. The molecule has 3 aromatic carbocycles. The van der Waals surface area contributed by atoms with Crippen LogP contribution in [0.25, 0.3) is 0 Å². The van der Waals surface area contributed by atoms with E-state index in [1.165, 1.54) is 0 Å². The van der Waals surface area contributed by atoms with Gasteiger partial charge in [-0.2, -0.15) is 0 Å². The predicted molar refractivity (Wildman–Crippen MR) is 117 cm³/mol. The van der Waals surface area contributed by atoms with Gasteiger partial charge in [0.15, 0.2) is 11.5 Å². The lowest BCUT2D eigenvalue weighted by atomic mass is 10.2. The van der Waals surface area contributed by atoms with Gasteiger partial charge in [-0.3, -0.25) is 4.99 Å². The van der Waals surface area contributed by atoms with Crippen LogP contribution in [0.4, 0.5) is 11.4 Å². The molecule has 0 unspecified atom stereocenters. The highest BCUT2D eigenvalue weighted by Gasteiger charge is 2.07. The Morgan fingerprint density at radius 3 is 2.39 bits per heavy atom. The molecule has 0 N–H and O–H groups in total. The average molecular weight is 395 g/mol. The van der Waals surface area contributed by atoms with Gasteiger partial charge in [0.2, 0.25) is 0 Å². The Hall–Kier alpha value is -2.98. The molecule has 0 aliphatic heterocycles. The van der Waals surface area contributed by atoms with Crippen molar-refractivity contribution in [3.8, 4) is 11.5 Å². The summed E-state index contributed by atoms with van der Waals surface area (Å²) in [5.41, 5.74) is 3.89. The monoisotopic (exact) mass is 394 g/mol. The highest BCUT2D eigenvalue weighted by Crippen LogP contribution is 2.29. The average Bonchev–Trinajstić information content (AvgIpc) is 2.72. The second-order valence-electron chi connectivity index (χ2n) is 6.46. The quantitative estimate of drug-likeness (QED) is 0.479. The summed E-state index contributed by atoms with van der Waals surface area (Å²) in [6.07, 6.45) is 1.81. The van der Waals surface area contributed by atoms with Crippen molar-refractivity contribution >= 4 is 29.2 Å². The number of hydrogen-bond donors (Lipinski definition) is 0. The first-order valence-electron chi connectivity index (χ1n) is 8.92. The fourth-order valence-electron chi connectivity index (χ4n) is 2.64. The number of aliphatic imine (C=N–C) groups is 1. The summed E-state index contributed by atoms with van der Waals surface area (Å²) in [6.45, 7) is 0.377. The fourth-order valence-corrected chi connectivity index (χ4v) is 2.83. The van der Waals surface area contributed by atoms with Gasteiger partial charge in [-0.1, -0.05) is 29.8 Å². The van der Waals surface area contributed by atoms with E-state index >= 15 is 0 Å². The largest absolute Gasteiger partial charge is 0.493 e. The van der Waals surface area contributed by atoms with Crippen LogP contribution < -0.4 is 14.4 Å². The summed E-state index contributed by atoms with van der Waals surface area (Å²) in [5, 5.41) is 0.686. The minimum absolute atomic E-state index is 0.377. The summed E-state index contributed by atoms with van der Waals surface area (Å²) in [4.78, 5) is 6.59. The van der Waals surface area contributed by atoms with Gasteiger partial charge in [0.1, 0.15) is 6.61 Å². The molecule has 0 radical (unpaired) electrons. The maximum Gasteiger partial charge on any atom is 0.161 e. The van der Waals surface area contributed by atoms with Crippen molar-refractivity contribution in [2.75, 3.05) is 26.1 Å². The number of hydrogen-bond acceptors (Lipinski definition) is 4. The summed E-state index contributed by atoms with van der Waals surface area (Å²) >= 11 is 6.18. The van der Waals surface area contributed by atoms with Crippen molar-refractivity contribution in [1.82, 2.24) is 0 Å². The Morgan fingerprint density at radius 1 is 0.964 bits per heavy atom. The first-order chi connectivity index (χ1) is 13.6. The van der Waals surface area contributed by atoms with E-state index in [0.717, 1.165) is 22.5 Å². The first kappa shape index (κ1) is 19.8. The van der Waals surface area contributed by atoms with Crippen molar-refractivity contribution in [1.29, 1.82) is 0 Å². The van der Waals surface area contributed by atoms with Gasteiger partial charge in [0.05, 0.1) is 12.8 Å². The molecule has 3 aromatic rings. The highest BCUT2D eigenvalue weighted by atomic mass is 35.5. The minimum Gasteiger partial charge on any atom is -0.493 e. The second-order valence-corrected chi connectivity index (χ2v) is 6.87. The van der Waals surface area contributed by atoms with E-state index < -0.39 is 0 Å². The molecule has 3 rings (SSSR count). The molecular formula is C23H23ClN2O2. The van der Waals surface area contributed by atoms with Gasteiger partial charge >= 0.3 is 0 Å². The Morgan fingerprint density at radius 2 is 1.71 bits per heavy atom. The zero-order valence-electron chi connectivity index (χ0n) is 16.2. The van der Waals surface area contributed by atoms with Crippen LogP contribution in [-0.4, -0.2) is 27.4 Å². The van der Waals surface area contributed by atoms with Gasteiger partial charge in [-0.05, 0) is 54.1 Å². The van der Waals surface area contributed by atoms with Crippen molar-refractivity contribution in [3.63, 3.8) is 0 Å². The molecule has 0 aliphatic rings. The lowest BCUT2D eigenvalue weighted by Gasteiger charge is -2.12. The van der Waals surface area contributed by atoms with E-state index in [2.05, 4.69) is 9.89 Å². The van der Waals surface area contributed by atoms with Crippen LogP contribution in [0.15, 0.2) is 71.7 Å². The molecule has 0 fully saturated rings. The third kappa shape index (κ3) is 5.05. The van der Waals surface area contributed by atoms with E-state index in [9.17, 15) is 0 Å². The summed E-state index contributed by atoms with van der Waals surface area (Å²) < 4.78 is 11.4. The predicted octanol–water partition coefficient (Wildman–Crippen LogP) is 5.74. The molecule has 0 bridgehead atoms. The van der Waals surface area contributed by atoms with E-state index in [-0.39, 0.29) is 0 Å². The summed E-state index contributed by atoms with van der Waals surface area (Å²) in [6, 6.07) is 21.4. The normalized spacial score (nSPS) is 10.9. The lowest BCUT2D eigenvalue weighted by Crippen LogP contribution is -2.07. The lowest BCUT2D eigenvalue weighted by molar-refractivity contribution is 0.284. The van der Waals surface area contributed by atoms with Crippen LogP contribution >= 0.6 is 11.6 Å². The Bertz CT molecular complexity index is 953. The third-order valence-corrected chi connectivity index (χ3v) is 4.63. The molecule has 28 heavy (non-hydrogen) atoms. The smallest absolute Gasteiger partial charge is 0.161 e. The molecular weight excluding hydrogens is 372 g/mol. The maximum absolute atomic E-state index is 6.18. The maximum atomic E-state index is 6.18. The number of halogens is 1. The van der Waals surface area contributed by atoms with Crippen LogP contribution in [0, 0.1) is 0 Å². The SMILES string of the molecule is COc1cc(C=Nc2ccc(N(C)C)cc2)ccc1OCc1ccccc1Cl. The van der Waals surface area contributed by atoms with Gasteiger partial charge in [-0.25, -0.2) is 0 Å². The van der Waals surface area contributed by atoms with Crippen LogP contribution in [0.3, 0.4) is 0 Å². The van der Waals surface area contributed by atoms with Gasteiger partial charge in [0, 0.05) is 36.6 Å². The first-order valence-corrected chi connectivity index (χ1v) is 9.30. The topological polar surface area (TPSA) is 34.1 Å². The van der Waals surface area contributed by atoms with E-state index in [1.54, 1.807) is 7.11 Å².